The summed E-state index contributed by atoms with van der Waals surface area (Å²) in [5.41, 5.74) is 7.78. The average molecular weight is 246 g/mol. The van der Waals surface area contributed by atoms with Gasteiger partial charge in [0.1, 0.15) is 5.75 Å². The Hall–Kier alpha value is -1.55. The van der Waals surface area contributed by atoms with Crippen LogP contribution < -0.4 is 15.8 Å². The van der Waals surface area contributed by atoms with E-state index >= 15 is 0 Å². The molecule has 2 aliphatic rings. The van der Waals surface area contributed by atoms with E-state index in [9.17, 15) is 4.79 Å². The number of carbonyl (C=O) groups excluding carboxylic acids is 1. The minimum absolute atomic E-state index is 0.0409. The molecule has 0 saturated heterocycles. The Bertz CT molecular complexity index is 469. The van der Waals surface area contributed by atoms with Crippen LogP contribution >= 0.6 is 0 Å². The molecule has 1 aliphatic carbocycles. The van der Waals surface area contributed by atoms with Crippen molar-refractivity contribution in [3.05, 3.63) is 29.3 Å². The van der Waals surface area contributed by atoms with Gasteiger partial charge in [-0.1, -0.05) is 0 Å². The minimum atomic E-state index is -0.0409. The zero-order chi connectivity index (χ0) is 12.5. The van der Waals surface area contributed by atoms with Gasteiger partial charge in [0.25, 0.3) is 5.91 Å². The van der Waals surface area contributed by atoms with Gasteiger partial charge < -0.3 is 15.8 Å². The van der Waals surface area contributed by atoms with E-state index in [0.717, 1.165) is 17.7 Å². The van der Waals surface area contributed by atoms with Gasteiger partial charge in [-0.25, -0.2) is 0 Å². The Morgan fingerprint density at radius 1 is 1.50 bits per heavy atom. The van der Waals surface area contributed by atoms with Crippen LogP contribution in [-0.2, 0) is 6.42 Å². The highest BCUT2D eigenvalue weighted by Gasteiger charge is 2.28. The third kappa shape index (κ3) is 2.34. The molecule has 3 N–H and O–H groups in total. The number of nitrogens with one attached hydrogen (secondary N) is 1. The number of hydrogen-bond donors (Lipinski definition) is 2. The molecule has 1 atom stereocenters. The Morgan fingerprint density at radius 3 is 3.11 bits per heavy atom. The van der Waals surface area contributed by atoms with Gasteiger partial charge >= 0.3 is 0 Å². The zero-order valence-electron chi connectivity index (χ0n) is 10.3. The molecule has 1 amide bonds. The lowest BCUT2D eigenvalue weighted by Crippen LogP contribution is -2.38. The van der Waals surface area contributed by atoms with Crippen LogP contribution in [0.25, 0.3) is 0 Å². The molecule has 1 aliphatic heterocycles. The van der Waals surface area contributed by atoms with Gasteiger partial charge in [0.15, 0.2) is 0 Å². The van der Waals surface area contributed by atoms with Crippen molar-refractivity contribution in [1.29, 1.82) is 0 Å². The van der Waals surface area contributed by atoms with Gasteiger partial charge in [0.05, 0.1) is 6.61 Å². The van der Waals surface area contributed by atoms with Crippen LogP contribution in [-0.4, -0.2) is 25.1 Å². The Labute approximate surface area is 107 Å². The summed E-state index contributed by atoms with van der Waals surface area (Å²) in [6.07, 6.45) is 3.29. The first-order valence-corrected chi connectivity index (χ1v) is 6.53. The number of carbonyl (C=O) groups is 1. The van der Waals surface area contributed by atoms with E-state index in [1.54, 1.807) is 0 Å². The van der Waals surface area contributed by atoms with Gasteiger partial charge in [-0.3, -0.25) is 4.79 Å². The van der Waals surface area contributed by atoms with Crippen molar-refractivity contribution in [2.75, 3.05) is 13.2 Å². The van der Waals surface area contributed by atoms with E-state index in [4.69, 9.17) is 10.5 Å². The van der Waals surface area contributed by atoms with E-state index in [1.165, 1.54) is 12.8 Å². The van der Waals surface area contributed by atoms with Crippen LogP contribution in [0.2, 0.25) is 0 Å². The van der Waals surface area contributed by atoms with Gasteiger partial charge in [-0.05, 0) is 42.5 Å². The standard InChI is InChI=1S/C14H18N2O2/c15-12(9-1-2-9)8-16-14(17)11-3-4-13-10(7-11)5-6-18-13/h3-4,7,9,12H,1-2,5-6,8,15H2,(H,16,17). The van der Waals surface area contributed by atoms with Crippen molar-refractivity contribution in [2.45, 2.75) is 25.3 Å². The van der Waals surface area contributed by atoms with E-state index in [0.29, 0.717) is 24.6 Å². The van der Waals surface area contributed by atoms with E-state index in [-0.39, 0.29) is 11.9 Å². The molecule has 1 saturated carbocycles. The largest absolute Gasteiger partial charge is 0.493 e. The van der Waals surface area contributed by atoms with Gasteiger partial charge in [-0.2, -0.15) is 0 Å². The molecule has 4 nitrogen and oxygen atoms in total. The van der Waals surface area contributed by atoms with Crippen LogP contribution in [0, 0.1) is 5.92 Å². The summed E-state index contributed by atoms with van der Waals surface area (Å²) in [5, 5.41) is 2.91. The molecule has 1 unspecified atom stereocenters. The highest BCUT2D eigenvalue weighted by Crippen LogP contribution is 2.31. The quantitative estimate of drug-likeness (QED) is 0.835. The lowest BCUT2D eigenvalue weighted by Gasteiger charge is -2.11. The number of fused-ring (bicyclic) bond motifs is 1. The van der Waals surface area contributed by atoms with Crippen molar-refractivity contribution < 1.29 is 9.53 Å². The average Bonchev–Trinajstić information content (AvgIpc) is 3.13. The van der Waals surface area contributed by atoms with Crippen LogP contribution in [0.1, 0.15) is 28.8 Å². The molecule has 96 valence electrons. The summed E-state index contributed by atoms with van der Waals surface area (Å²) in [6, 6.07) is 5.70. The highest BCUT2D eigenvalue weighted by atomic mass is 16.5. The second kappa shape index (κ2) is 4.61. The number of benzene rings is 1. The van der Waals surface area contributed by atoms with Crippen molar-refractivity contribution >= 4 is 5.91 Å². The lowest BCUT2D eigenvalue weighted by atomic mass is 10.1. The summed E-state index contributed by atoms with van der Waals surface area (Å²) < 4.78 is 5.42. The van der Waals surface area contributed by atoms with Gasteiger partial charge in [-0.15, -0.1) is 0 Å². The summed E-state index contributed by atoms with van der Waals surface area (Å²) >= 11 is 0. The maximum atomic E-state index is 12.0. The predicted molar refractivity (Wildman–Crippen MR) is 68.7 cm³/mol. The monoisotopic (exact) mass is 246 g/mol. The number of nitrogens with two attached hydrogens (primary N) is 1. The molecule has 1 fully saturated rings. The van der Waals surface area contributed by atoms with Crippen molar-refractivity contribution in [3.63, 3.8) is 0 Å². The Morgan fingerprint density at radius 2 is 2.33 bits per heavy atom. The first-order chi connectivity index (χ1) is 8.74. The fourth-order valence-corrected chi connectivity index (χ4v) is 2.33. The molecule has 1 aromatic rings. The predicted octanol–water partition coefficient (Wildman–Crippen LogP) is 1.09. The molecule has 4 heteroatoms. The number of amides is 1. The number of ether oxygens (including phenoxy) is 1. The van der Waals surface area contributed by atoms with Crippen molar-refractivity contribution in [1.82, 2.24) is 5.32 Å². The second-order valence-electron chi connectivity index (χ2n) is 5.13. The van der Waals surface area contributed by atoms with Crippen LogP contribution in [0.5, 0.6) is 5.75 Å². The molecular weight excluding hydrogens is 228 g/mol. The Balaban J connectivity index is 1.61. The van der Waals surface area contributed by atoms with Crippen LogP contribution in [0.15, 0.2) is 18.2 Å². The van der Waals surface area contributed by atoms with Crippen LogP contribution in [0.4, 0.5) is 0 Å². The lowest BCUT2D eigenvalue weighted by molar-refractivity contribution is 0.0950. The first kappa shape index (κ1) is 11.5. The minimum Gasteiger partial charge on any atom is -0.493 e. The molecule has 18 heavy (non-hydrogen) atoms. The maximum absolute atomic E-state index is 12.0. The fourth-order valence-electron chi connectivity index (χ4n) is 2.33. The zero-order valence-corrected chi connectivity index (χ0v) is 10.3. The Kier molecular flexibility index (Phi) is 2.96. The smallest absolute Gasteiger partial charge is 0.251 e. The first-order valence-electron chi connectivity index (χ1n) is 6.53. The second-order valence-corrected chi connectivity index (χ2v) is 5.13. The summed E-state index contributed by atoms with van der Waals surface area (Å²) in [7, 11) is 0. The maximum Gasteiger partial charge on any atom is 0.251 e. The third-order valence-corrected chi connectivity index (χ3v) is 3.68. The summed E-state index contributed by atoms with van der Waals surface area (Å²) in [6.45, 7) is 1.28. The fraction of sp³-hybridized carbons (Fsp3) is 0.500. The topological polar surface area (TPSA) is 64.3 Å². The molecule has 0 bridgehead atoms. The van der Waals surface area contributed by atoms with E-state index in [2.05, 4.69) is 5.32 Å². The van der Waals surface area contributed by atoms with Crippen molar-refractivity contribution in [2.24, 2.45) is 11.7 Å². The van der Waals surface area contributed by atoms with E-state index < -0.39 is 0 Å². The molecule has 3 rings (SSSR count). The SMILES string of the molecule is NC(CNC(=O)c1ccc2c(c1)CCO2)C1CC1. The third-order valence-electron chi connectivity index (χ3n) is 3.68. The molecule has 0 spiro atoms. The highest BCUT2D eigenvalue weighted by molar-refractivity contribution is 5.94. The van der Waals surface area contributed by atoms with Crippen LogP contribution in [0.3, 0.4) is 0 Å². The van der Waals surface area contributed by atoms with Crippen molar-refractivity contribution in [3.8, 4) is 5.75 Å². The number of rotatable bonds is 4. The molecule has 0 radical (unpaired) electrons. The summed E-state index contributed by atoms with van der Waals surface area (Å²) in [5.74, 6) is 1.47. The molecule has 0 aromatic heterocycles. The molecular formula is C14H18N2O2. The van der Waals surface area contributed by atoms with Gasteiger partial charge in [0, 0.05) is 24.6 Å². The molecule has 1 heterocycles. The van der Waals surface area contributed by atoms with E-state index in [1.807, 2.05) is 18.2 Å². The van der Waals surface area contributed by atoms with Gasteiger partial charge in [0.2, 0.25) is 0 Å². The summed E-state index contributed by atoms with van der Waals surface area (Å²) in [4.78, 5) is 12.0. The molecule has 1 aromatic carbocycles. The number of hydrogen-bond acceptors (Lipinski definition) is 3. The normalized spacial score (nSPS) is 18.9.